The second-order valence-electron chi connectivity index (χ2n) is 9.76. The molecule has 0 heterocycles. The van der Waals surface area contributed by atoms with Crippen molar-refractivity contribution in [2.75, 3.05) is 7.11 Å². The molecule has 3 nitrogen and oxygen atoms in total. The summed E-state index contributed by atoms with van der Waals surface area (Å²) in [5.41, 5.74) is 1.01. The van der Waals surface area contributed by atoms with E-state index in [0.29, 0.717) is 16.9 Å². The molecule has 0 saturated carbocycles. The van der Waals surface area contributed by atoms with Crippen LogP contribution >= 0.6 is 0 Å². The van der Waals surface area contributed by atoms with Crippen LogP contribution in [0.4, 0.5) is 4.39 Å². The van der Waals surface area contributed by atoms with Crippen LogP contribution in [0.15, 0.2) is 91.0 Å². The van der Waals surface area contributed by atoms with E-state index in [-0.39, 0.29) is 11.9 Å². The van der Waals surface area contributed by atoms with Gasteiger partial charge in [-0.2, -0.15) is 0 Å². The van der Waals surface area contributed by atoms with Crippen molar-refractivity contribution in [3.8, 4) is 5.75 Å². The smallest absolute Gasteiger partial charge is 0.314 e. The number of alkyl halides is 1. The van der Waals surface area contributed by atoms with E-state index in [2.05, 4.69) is 12.1 Å². The van der Waals surface area contributed by atoms with Gasteiger partial charge in [-0.05, 0) is 71.0 Å². The molecule has 3 unspecified atom stereocenters. The van der Waals surface area contributed by atoms with Crippen LogP contribution in [0.1, 0.15) is 62.0 Å². The van der Waals surface area contributed by atoms with Gasteiger partial charge in [0.2, 0.25) is 0 Å². The molecule has 0 aliphatic heterocycles. The molecule has 0 spiro atoms. The molecule has 36 heavy (non-hydrogen) atoms. The number of hydrogen-bond acceptors (Lipinski definition) is 3. The number of carbonyl (C=O) groups excluding carboxylic acids is 1. The SMILES string of the molecule is COc1ccc(C(C)(F)c2cccc(C(C)OC(=O)C(c3ccc4ccccc4c3)C(C)C)c2)cc1. The number of ether oxygens (including phenoxy) is 2. The van der Waals surface area contributed by atoms with E-state index in [9.17, 15) is 4.79 Å². The molecule has 3 atom stereocenters. The van der Waals surface area contributed by atoms with E-state index in [1.54, 1.807) is 56.5 Å². The third-order valence-electron chi connectivity index (χ3n) is 6.88. The summed E-state index contributed by atoms with van der Waals surface area (Å²) in [6.45, 7) is 7.42. The van der Waals surface area contributed by atoms with E-state index < -0.39 is 17.7 Å². The molecular weight excluding hydrogens is 451 g/mol. The Morgan fingerprint density at radius 2 is 1.47 bits per heavy atom. The molecule has 4 heteroatoms. The Morgan fingerprint density at radius 1 is 0.778 bits per heavy atom. The Hall–Kier alpha value is -3.66. The molecule has 0 radical (unpaired) electrons. The van der Waals surface area contributed by atoms with E-state index in [1.165, 1.54) is 0 Å². The Labute approximate surface area is 212 Å². The Morgan fingerprint density at radius 3 is 2.14 bits per heavy atom. The molecule has 186 valence electrons. The highest BCUT2D eigenvalue weighted by Gasteiger charge is 2.31. The molecule has 0 saturated heterocycles. The highest BCUT2D eigenvalue weighted by Crippen LogP contribution is 2.36. The van der Waals surface area contributed by atoms with Crippen LogP contribution in [-0.4, -0.2) is 13.1 Å². The van der Waals surface area contributed by atoms with E-state index in [0.717, 1.165) is 21.9 Å². The first-order valence-electron chi connectivity index (χ1n) is 12.3. The molecule has 4 aromatic rings. The number of benzene rings is 4. The van der Waals surface area contributed by atoms with Crippen molar-refractivity contribution in [1.29, 1.82) is 0 Å². The van der Waals surface area contributed by atoms with Gasteiger partial charge >= 0.3 is 5.97 Å². The van der Waals surface area contributed by atoms with Gasteiger partial charge in [0.05, 0.1) is 13.0 Å². The maximum atomic E-state index is 15.9. The summed E-state index contributed by atoms with van der Waals surface area (Å²) < 4.78 is 27.1. The number of hydrogen-bond donors (Lipinski definition) is 0. The van der Waals surface area contributed by atoms with Crippen LogP contribution in [0.2, 0.25) is 0 Å². The lowest BCUT2D eigenvalue weighted by Crippen LogP contribution is -2.22. The number of fused-ring (bicyclic) bond motifs is 1. The average Bonchev–Trinajstić information content (AvgIpc) is 2.88. The fourth-order valence-corrected chi connectivity index (χ4v) is 4.66. The predicted molar refractivity (Wildman–Crippen MR) is 143 cm³/mol. The molecule has 0 aliphatic rings. The first-order valence-corrected chi connectivity index (χ1v) is 12.3. The van der Waals surface area contributed by atoms with Gasteiger partial charge in [-0.15, -0.1) is 0 Å². The van der Waals surface area contributed by atoms with Gasteiger partial charge < -0.3 is 9.47 Å². The lowest BCUT2D eigenvalue weighted by Gasteiger charge is -2.25. The van der Waals surface area contributed by atoms with E-state index in [4.69, 9.17) is 9.47 Å². The molecule has 0 aromatic heterocycles. The van der Waals surface area contributed by atoms with Gasteiger partial charge in [-0.1, -0.05) is 86.6 Å². The first kappa shape index (κ1) is 25.4. The van der Waals surface area contributed by atoms with Gasteiger partial charge in [-0.25, -0.2) is 4.39 Å². The summed E-state index contributed by atoms with van der Waals surface area (Å²) >= 11 is 0. The van der Waals surface area contributed by atoms with Crippen molar-refractivity contribution in [2.24, 2.45) is 5.92 Å². The van der Waals surface area contributed by atoms with Crippen molar-refractivity contribution in [3.05, 3.63) is 113 Å². The second kappa shape index (κ2) is 10.5. The largest absolute Gasteiger partial charge is 0.497 e. The van der Waals surface area contributed by atoms with Gasteiger partial charge in [0, 0.05) is 0 Å². The maximum absolute atomic E-state index is 15.9. The normalized spacial score (nSPS) is 14.8. The Kier molecular flexibility index (Phi) is 7.44. The summed E-state index contributed by atoms with van der Waals surface area (Å²) in [4.78, 5) is 13.4. The zero-order valence-electron chi connectivity index (χ0n) is 21.5. The highest BCUT2D eigenvalue weighted by atomic mass is 19.1. The average molecular weight is 485 g/mol. The molecule has 0 bridgehead atoms. The fourth-order valence-electron chi connectivity index (χ4n) is 4.66. The van der Waals surface area contributed by atoms with Crippen molar-refractivity contribution in [1.82, 2.24) is 0 Å². The van der Waals surface area contributed by atoms with Crippen molar-refractivity contribution < 1.29 is 18.7 Å². The Balaban J connectivity index is 1.55. The highest BCUT2D eigenvalue weighted by molar-refractivity contribution is 5.86. The van der Waals surface area contributed by atoms with E-state index >= 15 is 4.39 Å². The van der Waals surface area contributed by atoms with Gasteiger partial charge in [0.1, 0.15) is 11.9 Å². The van der Waals surface area contributed by atoms with Gasteiger partial charge in [0.25, 0.3) is 0 Å². The predicted octanol–water partition coefficient (Wildman–Crippen LogP) is 8.13. The number of carbonyl (C=O) groups is 1. The van der Waals surface area contributed by atoms with Crippen LogP contribution in [0.25, 0.3) is 10.8 Å². The molecule has 0 aliphatic carbocycles. The van der Waals surface area contributed by atoms with Crippen LogP contribution < -0.4 is 4.74 Å². The number of methoxy groups -OCH3 is 1. The molecule has 4 aromatic carbocycles. The lowest BCUT2D eigenvalue weighted by atomic mass is 9.87. The van der Waals surface area contributed by atoms with Crippen LogP contribution in [0.3, 0.4) is 0 Å². The third-order valence-corrected chi connectivity index (χ3v) is 6.88. The monoisotopic (exact) mass is 484 g/mol. The summed E-state index contributed by atoms with van der Waals surface area (Å²) in [5.74, 6) is 0.0543. The molecule has 4 rings (SSSR count). The summed E-state index contributed by atoms with van der Waals surface area (Å²) in [6.07, 6.45) is -0.522. The zero-order chi connectivity index (χ0) is 25.9. The standard InChI is InChI=1S/C32H33FO3/c1-21(2)30(26-14-13-23-9-6-7-10-25(23)19-26)31(34)36-22(3)24-11-8-12-28(20-24)32(4,33)27-15-17-29(35-5)18-16-27/h6-22,30H,1-5H3. The third kappa shape index (κ3) is 5.28. The quantitative estimate of drug-likeness (QED) is 0.237. The van der Waals surface area contributed by atoms with Crippen LogP contribution in [0.5, 0.6) is 5.75 Å². The van der Waals surface area contributed by atoms with Crippen LogP contribution in [0, 0.1) is 5.92 Å². The van der Waals surface area contributed by atoms with Crippen molar-refractivity contribution in [3.63, 3.8) is 0 Å². The van der Waals surface area contributed by atoms with Crippen molar-refractivity contribution in [2.45, 2.75) is 45.4 Å². The van der Waals surface area contributed by atoms with E-state index in [1.807, 2.05) is 57.2 Å². The van der Waals surface area contributed by atoms with Crippen molar-refractivity contribution >= 4 is 16.7 Å². The summed E-state index contributed by atoms with van der Waals surface area (Å²) in [7, 11) is 1.58. The number of halogens is 1. The van der Waals surface area contributed by atoms with Gasteiger partial charge in [0.15, 0.2) is 5.67 Å². The minimum atomic E-state index is -1.71. The minimum absolute atomic E-state index is 0.0569. The first-order chi connectivity index (χ1) is 17.2. The Bertz CT molecular complexity index is 1340. The summed E-state index contributed by atoms with van der Waals surface area (Å²) in [6, 6.07) is 28.4. The molecule has 0 N–H and O–H groups in total. The molecule has 0 fully saturated rings. The number of esters is 1. The van der Waals surface area contributed by atoms with Crippen LogP contribution in [-0.2, 0) is 15.2 Å². The summed E-state index contributed by atoms with van der Waals surface area (Å²) in [5, 5.41) is 2.23. The fraction of sp³-hybridized carbons (Fsp3) is 0.281. The molecular formula is C32H33FO3. The zero-order valence-corrected chi connectivity index (χ0v) is 21.5. The minimum Gasteiger partial charge on any atom is -0.497 e. The number of rotatable bonds is 8. The lowest BCUT2D eigenvalue weighted by molar-refractivity contribution is -0.151. The molecule has 0 amide bonds. The second-order valence-corrected chi connectivity index (χ2v) is 9.76. The topological polar surface area (TPSA) is 35.5 Å². The van der Waals surface area contributed by atoms with Gasteiger partial charge in [-0.3, -0.25) is 4.79 Å². The maximum Gasteiger partial charge on any atom is 0.314 e.